The largest absolute Gasteiger partial charge is 0.135 e. The maximum absolute atomic E-state index is 5.98. The molecule has 0 spiro atoms. The van der Waals surface area contributed by atoms with E-state index in [4.69, 9.17) is 23.2 Å². The summed E-state index contributed by atoms with van der Waals surface area (Å²) in [5, 5.41) is 2.73. The normalized spacial score (nSPS) is 10.9. The highest BCUT2D eigenvalue weighted by molar-refractivity contribution is 7.22. The summed E-state index contributed by atoms with van der Waals surface area (Å²) >= 11 is 13.6. The molecule has 0 N–H and O–H groups in total. The van der Waals surface area contributed by atoms with Gasteiger partial charge in [0.25, 0.3) is 0 Å². The summed E-state index contributed by atoms with van der Waals surface area (Å²) in [5.74, 6) is 0. The predicted molar refractivity (Wildman–Crippen MR) is 77.3 cm³/mol. The van der Waals surface area contributed by atoms with Gasteiger partial charge in [0.1, 0.15) is 0 Å². The zero-order valence-corrected chi connectivity index (χ0v) is 11.1. The molecule has 1 heterocycles. The van der Waals surface area contributed by atoms with Gasteiger partial charge >= 0.3 is 0 Å². The van der Waals surface area contributed by atoms with Crippen molar-refractivity contribution >= 4 is 44.6 Å². The van der Waals surface area contributed by atoms with Crippen LogP contribution in [-0.4, -0.2) is 0 Å². The second-order valence-electron chi connectivity index (χ2n) is 3.80. The lowest BCUT2D eigenvalue weighted by Crippen LogP contribution is -1.70. The minimum Gasteiger partial charge on any atom is -0.135 e. The summed E-state index contributed by atoms with van der Waals surface area (Å²) < 4.78 is 1.25. The van der Waals surface area contributed by atoms with Crippen LogP contribution in [0.5, 0.6) is 0 Å². The molecule has 0 aliphatic carbocycles. The molecule has 0 bridgehead atoms. The Labute approximate surface area is 113 Å². The van der Waals surface area contributed by atoms with Crippen LogP contribution < -0.4 is 0 Å². The van der Waals surface area contributed by atoms with Crippen molar-refractivity contribution in [3.05, 3.63) is 58.6 Å². The lowest BCUT2D eigenvalue weighted by atomic mass is 10.1. The Morgan fingerprint density at radius 3 is 2.24 bits per heavy atom. The second-order valence-corrected chi connectivity index (χ2v) is 5.76. The molecule has 3 heteroatoms. The van der Waals surface area contributed by atoms with Gasteiger partial charge < -0.3 is 0 Å². The third-order valence-corrected chi connectivity index (χ3v) is 4.26. The van der Waals surface area contributed by atoms with E-state index in [1.807, 2.05) is 36.4 Å². The van der Waals surface area contributed by atoms with E-state index in [0.29, 0.717) is 0 Å². The Bertz CT molecular complexity index is 668. The van der Waals surface area contributed by atoms with Crippen LogP contribution in [-0.2, 0) is 0 Å². The number of halogens is 2. The highest BCUT2D eigenvalue weighted by atomic mass is 35.5. The van der Waals surface area contributed by atoms with Gasteiger partial charge in [-0.05, 0) is 47.3 Å². The third-order valence-electron chi connectivity index (χ3n) is 2.61. The zero-order chi connectivity index (χ0) is 11.8. The molecule has 0 amide bonds. The van der Waals surface area contributed by atoms with Crippen LogP contribution in [0.4, 0.5) is 0 Å². The average molecular weight is 279 g/mol. The van der Waals surface area contributed by atoms with Crippen LogP contribution in [0.2, 0.25) is 10.0 Å². The van der Waals surface area contributed by atoms with Crippen LogP contribution in [0.25, 0.3) is 20.5 Å². The molecule has 84 valence electrons. The van der Waals surface area contributed by atoms with E-state index in [0.717, 1.165) is 10.0 Å². The highest BCUT2D eigenvalue weighted by Gasteiger charge is 2.04. The van der Waals surface area contributed by atoms with Gasteiger partial charge in [0.05, 0.1) is 0 Å². The molecule has 0 fully saturated rings. The van der Waals surface area contributed by atoms with Crippen molar-refractivity contribution in [3.8, 4) is 10.4 Å². The fourth-order valence-electron chi connectivity index (χ4n) is 1.77. The maximum Gasteiger partial charge on any atom is 0.0412 e. The van der Waals surface area contributed by atoms with Gasteiger partial charge in [-0.25, -0.2) is 0 Å². The van der Waals surface area contributed by atoms with Gasteiger partial charge in [-0.3, -0.25) is 0 Å². The Balaban J connectivity index is 2.14. The van der Waals surface area contributed by atoms with Crippen molar-refractivity contribution < 1.29 is 0 Å². The van der Waals surface area contributed by atoms with E-state index < -0.39 is 0 Å². The van der Waals surface area contributed by atoms with Crippen molar-refractivity contribution in [3.63, 3.8) is 0 Å². The summed E-state index contributed by atoms with van der Waals surface area (Å²) in [6.07, 6.45) is 0. The molecule has 0 aliphatic rings. The fourth-order valence-corrected chi connectivity index (χ4v) is 3.13. The van der Waals surface area contributed by atoms with Gasteiger partial charge in [0.15, 0.2) is 0 Å². The number of hydrogen-bond acceptors (Lipinski definition) is 1. The lowest BCUT2D eigenvalue weighted by molar-refractivity contribution is 1.70. The van der Waals surface area contributed by atoms with Crippen LogP contribution in [0.1, 0.15) is 0 Å². The third kappa shape index (κ3) is 2.19. The van der Waals surface area contributed by atoms with Crippen LogP contribution >= 0.6 is 34.5 Å². The molecule has 0 saturated carbocycles. The van der Waals surface area contributed by atoms with Crippen molar-refractivity contribution in [2.75, 3.05) is 0 Å². The van der Waals surface area contributed by atoms with Crippen LogP contribution in [0.3, 0.4) is 0 Å². The standard InChI is InChI=1S/C14H8Cl2S/c15-11-3-1-9(2-4-11)14-8-10-7-12(16)5-6-13(10)17-14/h1-8H. The summed E-state index contributed by atoms with van der Waals surface area (Å²) in [6.45, 7) is 0. The van der Waals surface area contributed by atoms with E-state index in [2.05, 4.69) is 12.1 Å². The maximum atomic E-state index is 5.98. The van der Waals surface area contributed by atoms with Crippen LogP contribution in [0.15, 0.2) is 48.5 Å². The topological polar surface area (TPSA) is 0 Å². The van der Waals surface area contributed by atoms with Crippen molar-refractivity contribution in [1.29, 1.82) is 0 Å². The molecule has 0 aliphatic heterocycles. The van der Waals surface area contributed by atoms with E-state index in [9.17, 15) is 0 Å². The zero-order valence-electron chi connectivity index (χ0n) is 8.78. The van der Waals surface area contributed by atoms with Crippen molar-refractivity contribution in [2.24, 2.45) is 0 Å². The summed E-state index contributed by atoms with van der Waals surface area (Å²) in [4.78, 5) is 1.24. The number of thiophene rings is 1. The number of benzene rings is 2. The Morgan fingerprint density at radius 1 is 0.765 bits per heavy atom. The van der Waals surface area contributed by atoms with E-state index >= 15 is 0 Å². The molecule has 3 rings (SSSR count). The molecule has 2 aromatic carbocycles. The van der Waals surface area contributed by atoms with Gasteiger partial charge in [-0.1, -0.05) is 35.3 Å². The Hall–Kier alpha value is -1.02. The molecular weight excluding hydrogens is 271 g/mol. The molecule has 0 nitrogen and oxygen atoms in total. The first-order valence-electron chi connectivity index (χ1n) is 5.17. The van der Waals surface area contributed by atoms with Crippen LogP contribution in [0, 0.1) is 0 Å². The van der Waals surface area contributed by atoms with Gasteiger partial charge in [-0.2, -0.15) is 0 Å². The van der Waals surface area contributed by atoms with Gasteiger partial charge in [0.2, 0.25) is 0 Å². The summed E-state index contributed by atoms with van der Waals surface area (Å²) in [6, 6.07) is 16.0. The molecule has 17 heavy (non-hydrogen) atoms. The van der Waals surface area contributed by atoms with E-state index in [1.165, 1.54) is 20.5 Å². The molecule has 3 aromatic rings. The molecular formula is C14H8Cl2S. The number of hydrogen-bond donors (Lipinski definition) is 0. The second kappa shape index (κ2) is 4.34. The Kier molecular flexibility index (Phi) is 2.83. The molecule has 0 atom stereocenters. The SMILES string of the molecule is Clc1ccc(-c2cc3cc(Cl)ccc3s2)cc1. The average Bonchev–Trinajstić information content (AvgIpc) is 2.72. The first kappa shape index (κ1) is 11.1. The Morgan fingerprint density at radius 2 is 1.47 bits per heavy atom. The van der Waals surface area contributed by atoms with E-state index in [-0.39, 0.29) is 0 Å². The van der Waals surface area contributed by atoms with E-state index in [1.54, 1.807) is 11.3 Å². The van der Waals surface area contributed by atoms with Crippen molar-refractivity contribution in [2.45, 2.75) is 0 Å². The van der Waals surface area contributed by atoms with Gasteiger partial charge in [0, 0.05) is 19.6 Å². The van der Waals surface area contributed by atoms with Crippen molar-refractivity contribution in [1.82, 2.24) is 0 Å². The quantitative estimate of drug-likeness (QED) is 0.522. The predicted octanol–water partition coefficient (Wildman–Crippen LogP) is 5.88. The molecule has 0 radical (unpaired) electrons. The summed E-state index contributed by atoms with van der Waals surface area (Å²) in [5.41, 5.74) is 1.19. The highest BCUT2D eigenvalue weighted by Crippen LogP contribution is 2.35. The lowest BCUT2D eigenvalue weighted by Gasteiger charge is -1.95. The monoisotopic (exact) mass is 278 g/mol. The van der Waals surface area contributed by atoms with Gasteiger partial charge in [-0.15, -0.1) is 11.3 Å². The molecule has 1 aromatic heterocycles. The minimum absolute atomic E-state index is 0.762. The first-order chi connectivity index (χ1) is 8.22. The smallest absolute Gasteiger partial charge is 0.0412 e. The number of rotatable bonds is 1. The number of fused-ring (bicyclic) bond motifs is 1. The summed E-state index contributed by atoms with van der Waals surface area (Å²) in [7, 11) is 0. The minimum atomic E-state index is 0.762. The first-order valence-corrected chi connectivity index (χ1v) is 6.75. The molecule has 0 unspecified atom stereocenters. The molecule has 0 saturated heterocycles. The fraction of sp³-hybridized carbons (Fsp3) is 0.